The summed E-state index contributed by atoms with van der Waals surface area (Å²) in [6, 6.07) is 11.4. The number of allylic oxidation sites excluding steroid dienone is 2. The number of carboxylic acid groups (broad SMARTS) is 1. The first-order chi connectivity index (χ1) is 13.0. The van der Waals surface area contributed by atoms with Crippen LogP contribution in [0.4, 0.5) is 4.39 Å². The summed E-state index contributed by atoms with van der Waals surface area (Å²) in [5.41, 5.74) is 2.17. The van der Waals surface area contributed by atoms with Crippen LogP contribution in [0.15, 0.2) is 48.6 Å². The SMILES string of the molecule is C/C=C/C1CCC(c2ccc(C(=O)O)c(-c3ccc(C#N)c(F)c3)c2)CC1. The summed E-state index contributed by atoms with van der Waals surface area (Å²) in [6.07, 6.45) is 8.72. The number of hydrogen-bond acceptors (Lipinski definition) is 2. The number of carbonyl (C=O) groups is 1. The van der Waals surface area contributed by atoms with Crippen LogP contribution >= 0.6 is 0 Å². The van der Waals surface area contributed by atoms with Gasteiger partial charge in [-0.15, -0.1) is 0 Å². The molecule has 3 rings (SSSR count). The van der Waals surface area contributed by atoms with E-state index in [4.69, 9.17) is 5.26 Å². The molecule has 0 radical (unpaired) electrons. The quantitative estimate of drug-likeness (QED) is 0.687. The first-order valence-corrected chi connectivity index (χ1v) is 9.23. The molecule has 0 heterocycles. The lowest BCUT2D eigenvalue weighted by atomic mass is 9.78. The lowest BCUT2D eigenvalue weighted by Gasteiger charge is -2.27. The van der Waals surface area contributed by atoms with Crippen LogP contribution in [-0.2, 0) is 0 Å². The maximum Gasteiger partial charge on any atom is 0.336 e. The zero-order chi connectivity index (χ0) is 19.4. The second-order valence-corrected chi connectivity index (χ2v) is 7.05. The van der Waals surface area contributed by atoms with Crippen molar-refractivity contribution >= 4 is 5.97 Å². The third-order valence-corrected chi connectivity index (χ3v) is 5.38. The van der Waals surface area contributed by atoms with E-state index in [9.17, 15) is 14.3 Å². The van der Waals surface area contributed by atoms with Crippen molar-refractivity contribution in [2.75, 3.05) is 0 Å². The lowest BCUT2D eigenvalue weighted by Crippen LogP contribution is -2.12. The Hall–Kier alpha value is -2.93. The highest BCUT2D eigenvalue weighted by Crippen LogP contribution is 2.38. The number of halogens is 1. The molecular formula is C23H22FNO2. The average molecular weight is 363 g/mol. The second-order valence-electron chi connectivity index (χ2n) is 7.05. The Morgan fingerprint density at radius 3 is 2.52 bits per heavy atom. The Balaban J connectivity index is 1.96. The Labute approximate surface area is 158 Å². The van der Waals surface area contributed by atoms with Crippen molar-refractivity contribution in [1.82, 2.24) is 0 Å². The number of carboxylic acids is 1. The minimum atomic E-state index is -1.04. The van der Waals surface area contributed by atoms with Gasteiger partial charge in [-0.2, -0.15) is 5.26 Å². The predicted molar refractivity (Wildman–Crippen MR) is 103 cm³/mol. The van der Waals surface area contributed by atoms with Gasteiger partial charge in [-0.05, 0) is 79.3 Å². The van der Waals surface area contributed by atoms with E-state index >= 15 is 0 Å². The fourth-order valence-electron chi connectivity index (χ4n) is 3.93. The Morgan fingerprint density at radius 2 is 1.93 bits per heavy atom. The topological polar surface area (TPSA) is 61.1 Å². The molecule has 27 heavy (non-hydrogen) atoms. The minimum Gasteiger partial charge on any atom is -0.478 e. The van der Waals surface area contributed by atoms with Gasteiger partial charge in [0.25, 0.3) is 0 Å². The maximum absolute atomic E-state index is 14.1. The van der Waals surface area contributed by atoms with Crippen molar-refractivity contribution in [2.24, 2.45) is 5.92 Å². The molecule has 0 unspecified atom stereocenters. The molecule has 138 valence electrons. The van der Waals surface area contributed by atoms with Gasteiger partial charge in [0.1, 0.15) is 11.9 Å². The average Bonchev–Trinajstić information content (AvgIpc) is 2.68. The third kappa shape index (κ3) is 4.09. The number of benzene rings is 2. The molecule has 3 nitrogen and oxygen atoms in total. The second kappa shape index (κ2) is 8.18. The number of nitriles is 1. The molecule has 0 aliphatic heterocycles. The van der Waals surface area contributed by atoms with Gasteiger partial charge in [-0.3, -0.25) is 0 Å². The van der Waals surface area contributed by atoms with Gasteiger partial charge >= 0.3 is 5.97 Å². The van der Waals surface area contributed by atoms with Crippen LogP contribution < -0.4 is 0 Å². The van der Waals surface area contributed by atoms with Crippen LogP contribution in [0.25, 0.3) is 11.1 Å². The molecule has 1 aliphatic rings. The molecule has 4 heteroatoms. The highest BCUT2D eigenvalue weighted by atomic mass is 19.1. The van der Waals surface area contributed by atoms with Gasteiger partial charge in [0.05, 0.1) is 11.1 Å². The first-order valence-electron chi connectivity index (χ1n) is 9.23. The van der Waals surface area contributed by atoms with Crippen LogP contribution in [-0.4, -0.2) is 11.1 Å². The van der Waals surface area contributed by atoms with Crippen molar-refractivity contribution < 1.29 is 14.3 Å². The molecule has 0 amide bonds. The van der Waals surface area contributed by atoms with Crippen LogP contribution in [0.3, 0.4) is 0 Å². The van der Waals surface area contributed by atoms with Gasteiger partial charge in [0, 0.05) is 0 Å². The summed E-state index contributed by atoms with van der Waals surface area (Å²) in [5, 5.41) is 18.4. The molecular weight excluding hydrogens is 341 g/mol. The van der Waals surface area contributed by atoms with Gasteiger partial charge in [-0.25, -0.2) is 9.18 Å². The van der Waals surface area contributed by atoms with Crippen LogP contribution in [0.2, 0.25) is 0 Å². The number of rotatable bonds is 4. The molecule has 1 fully saturated rings. The zero-order valence-electron chi connectivity index (χ0n) is 15.3. The maximum atomic E-state index is 14.1. The summed E-state index contributed by atoms with van der Waals surface area (Å²) in [7, 11) is 0. The fourth-order valence-corrected chi connectivity index (χ4v) is 3.93. The highest BCUT2D eigenvalue weighted by molar-refractivity contribution is 5.96. The number of nitrogens with zero attached hydrogens (tertiary/aromatic N) is 1. The molecule has 2 aromatic carbocycles. The third-order valence-electron chi connectivity index (χ3n) is 5.38. The molecule has 0 spiro atoms. The number of aromatic carboxylic acids is 1. The Kier molecular flexibility index (Phi) is 5.71. The molecule has 1 N–H and O–H groups in total. The lowest BCUT2D eigenvalue weighted by molar-refractivity contribution is 0.0697. The summed E-state index contributed by atoms with van der Waals surface area (Å²) < 4.78 is 14.1. The van der Waals surface area contributed by atoms with Crippen molar-refractivity contribution in [1.29, 1.82) is 5.26 Å². The first kappa shape index (κ1) is 18.8. The van der Waals surface area contributed by atoms with Crippen molar-refractivity contribution in [3.05, 3.63) is 71.1 Å². The summed E-state index contributed by atoms with van der Waals surface area (Å²) in [5.74, 6) is -0.672. The van der Waals surface area contributed by atoms with E-state index in [1.807, 2.05) is 19.1 Å². The van der Waals surface area contributed by atoms with E-state index in [0.717, 1.165) is 31.2 Å². The minimum absolute atomic E-state index is 0.0471. The van der Waals surface area contributed by atoms with Crippen molar-refractivity contribution in [2.45, 2.75) is 38.5 Å². The summed E-state index contributed by atoms with van der Waals surface area (Å²) in [6.45, 7) is 2.04. The predicted octanol–water partition coefficient (Wildman–Crippen LogP) is 5.91. The highest BCUT2D eigenvalue weighted by Gasteiger charge is 2.23. The largest absolute Gasteiger partial charge is 0.478 e. The monoisotopic (exact) mass is 363 g/mol. The smallest absolute Gasteiger partial charge is 0.336 e. The van der Waals surface area contributed by atoms with E-state index in [1.165, 1.54) is 12.1 Å². The van der Waals surface area contributed by atoms with Crippen molar-refractivity contribution in [3.8, 4) is 17.2 Å². The van der Waals surface area contributed by atoms with E-state index in [1.54, 1.807) is 18.2 Å². The van der Waals surface area contributed by atoms with Gasteiger partial charge in [0.15, 0.2) is 0 Å². The number of hydrogen-bond donors (Lipinski definition) is 1. The molecule has 0 bridgehead atoms. The van der Waals surface area contributed by atoms with Gasteiger partial charge in [-0.1, -0.05) is 30.4 Å². The molecule has 1 saturated carbocycles. The summed E-state index contributed by atoms with van der Waals surface area (Å²) in [4.78, 5) is 11.7. The van der Waals surface area contributed by atoms with Gasteiger partial charge < -0.3 is 5.11 Å². The Bertz CT molecular complexity index is 918. The fraction of sp³-hybridized carbons (Fsp3) is 0.304. The van der Waals surface area contributed by atoms with E-state index < -0.39 is 11.8 Å². The van der Waals surface area contributed by atoms with Crippen LogP contribution in [0.5, 0.6) is 0 Å². The standard InChI is InChI=1S/C23H22FNO2/c1-2-3-15-4-6-16(7-5-15)17-10-11-20(23(26)27)21(12-17)18-8-9-19(14-25)22(24)13-18/h2-3,8-13,15-16H,4-7H2,1H3,(H,26,27)/b3-2+. The molecule has 2 aromatic rings. The molecule has 1 aliphatic carbocycles. The Morgan fingerprint density at radius 1 is 1.19 bits per heavy atom. The van der Waals surface area contributed by atoms with Gasteiger partial charge in [0.2, 0.25) is 0 Å². The van der Waals surface area contributed by atoms with Crippen LogP contribution in [0, 0.1) is 23.1 Å². The van der Waals surface area contributed by atoms with E-state index in [-0.39, 0.29) is 11.1 Å². The normalized spacial score (nSPS) is 19.7. The molecule has 0 aromatic heterocycles. The van der Waals surface area contributed by atoms with Crippen LogP contribution in [0.1, 0.15) is 60.0 Å². The summed E-state index contributed by atoms with van der Waals surface area (Å²) >= 11 is 0. The van der Waals surface area contributed by atoms with E-state index in [2.05, 4.69) is 12.2 Å². The zero-order valence-corrected chi connectivity index (χ0v) is 15.3. The molecule has 0 atom stereocenters. The van der Waals surface area contributed by atoms with Crippen molar-refractivity contribution in [3.63, 3.8) is 0 Å². The molecule has 0 saturated heterocycles. The van der Waals surface area contributed by atoms with E-state index in [0.29, 0.717) is 23.0 Å².